The van der Waals surface area contributed by atoms with Crippen LogP contribution in [-0.4, -0.2) is 69.0 Å². The predicted molar refractivity (Wildman–Crippen MR) is 94.2 cm³/mol. The fourth-order valence-electron chi connectivity index (χ4n) is 2.42. The van der Waals surface area contributed by atoms with Crippen molar-refractivity contribution in [3.63, 3.8) is 0 Å². The van der Waals surface area contributed by atoms with Crippen LogP contribution in [0.1, 0.15) is 13.8 Å². The Kier molecular flexibility index (Phi) is 6.26. The van der Waals surface area contributed by atoms with Crippen molar-refractivity contribution in [1.29, 1.82) is 0 Å². The zero-order valence-corrected chi connectivity index (χ0v) is 17.0. The van der Waals surface area contributed by atoms with Crippen LogP contribution in [0.4, 0.5) is 0 Å². The molecule has 1 aliphatic rings. The topological polar surface area (TPSA) is 78.0 Å². The molecular formula is C12H20BrN3O4S3. The van der Waals surface area contributed by atoms with Gasteiger partial charge in [-0.05, 0) is 28.1 Å². The average Bonchev–Trinajstić information content (AvgIpc) is 2.96. The van der Waals surface area contributed by atoms with Gasteiger partial charge in [-0.1, -0.05) is 13.8 Å². The number of halogens is 1. The molecule has 1 saturated heterocycles. The van der Waals surface area contributed by atoms with Crippen LogP contribution >= 0.6 is 27.3 Å². The van der Waals surface area contributed by atoms with Gasteiger partial charge in [0.25, 0.3) is 20.2 Å². The molecule has 0 unspecified atom stereocenters. The Balaban J connectivity index is 2.10. The first-order valence-corrected chi connectivity index (χ1v) is 11.7. The maximum absolute atomic E-state index is 12.5. The van der Waals surface area contributed by atoms with Crippen molar-refractivity contribution in [3.8, 4) is 0 Å². The van der Waals surface area contributed by atoms with Gasteiger partial charge in [0.15, 0.2) is 0 Å². The quantitative estimate of drug-likeness (QED) is 0.662. The van der Waals surface area contributed by atoms with Gasteiger partial charge < -0.3 is 0 Å². The molecule has 0 aromatic carbocycles. The standard InChI is InChI=1S/C12H20BrN3O4S3/c1-3-14(4-2)23(19,20)16-9-7-15(8-10-16)22(17,18)12-6-5-11(13)21-12/h5-6H,3-4,7-10H2,1-2H3. The highest BCUT2D eigenvalue weighted by Gasteiger charge is 2.35. The molecule has 0 atom stereocenters. The van der Waals surface area contributed by atoms with E-state index in [0.717, 1.165) is 15.1 Å². The highest BCUT2D eigenvalue weighted by atomic mass is 79.9. The Morgan fingerprint density at radius 3 is 2.00 bits per heavy atom. The van der Waals surface area contributed by atoms with Crippen LogP contribution in [0, 0.1) is 0 Å². The molecule has 0 spiro atoms. The zero-order chi connectivity index (χ0) is 17.3. The van der Waals surface area contributed by atoms with E-state index in [-0.39, 0.29) is 30.4 Å². The summed E-state index contributed by atoms with van der Waals surface area (Å²) in [7, 11) is -7.07. The molecule has 0 saturated carbocycles. The molecule has 0 radical (unpaired) electrons. The highest BCUT2D eigenvalue weighted by Crippen LogP contribution is 2.29. The number of sulfonamides is 1. The largest absolute Gasteiger partial charge is 0.282 e. The summed E-state index contributed by atoms with van der Waals surface area (Å²) in [6.45, 7) is 5.06. The van der Waals surface area contributed by atoms with E-state index in [1.165, 1.54) is 12.9 Å². The number of thiophene rings is 1. The Morgan fingerprint density at radius 2 is 1.57 bits per heavy atom. The van der Waals surface area contributed by atoms with Gasteiger partial charge in [0.1, 0.15) is 4.21 Å². The number of hydrogen-bond acceptors (Lipinski definition) is 5. The lowest BCUT2D eigenvalue weighted by molar-refractivity contribution is 0.256. The molecule has 0 aliphatic carbocycles. The van der Waals surface area contributed by atoms with E-state index in [1.54, 1.807) is 26.0 Å². The lowest BCUT2D eigenvalue weighted by Gasteiger charge is -2.35. The van der Waals surface area contributed by atoms with E-state index in [0.29, 0.717) is 13.1 Å². The van der Waals surface area contributed by atoms with Crippen LogP contribution < -0.4 is 0 Å². The third-order valence-corrected chi connectivity index (χ3v) is 9.87. The number of piperazine rings is 1. The normalized spacial score (nSPS) is 18.6. The molecule has 1 aromatic rings. The first-order chi connectivity index (χ1) is 10.7. The summed E-state index contributed by atoms with van der Waals surface area (Å²) in [4.78, 5) is 0. The van der Waals surface area contributed by atoms with Gasteiger partial charge in [-0.2, -0.15) is 21.3 Å². The van der Waals surface area contributed by atoms with Crippen molar-refractivity contribution in [2.24, 2.45) is 0 Å². The average molecular weight is 446 g/mol. The van der Waals surface area contributed by atoms with Crippen molar-refractivity contribution in [1.82, 2.24) is 12.9 Å². The molecule has 11 heteroatoms. The summed E-state index contributed by atoms with van der Waals surface area (Å²) >= 11 is 4.41. The van der Waals surface area contributed by atoms with Crippen molar-refractivity contribution >= 4 is 47.5 Å². The lowest BCUT2D eigenvalue weighted by Crippen LogP contribution is -2.54. The summed E-state index contributed by atoms with van der Waals surface area (Å²) in [5, 5.41) is 0. The second kappa shape index (κ2) is 7.46. The van der Waals surface area contributed by atoms with Gasteiger partial charge in [0, 0.05) is 39.3 Å². The van der Waals surface area contributed by atoms with Gasteiger partial charge in [0.05, 0.1) is 3.79 Å². The Hall–Kier alpha value is -0.0400. The lowest BCUT2D eigenvalue weighted by atomic mass is 10.4. The molecule has 1 fully saturated rings. The van der Waals surface area contributed by atoms with Crippen molar-refractivity contribution in [3.05, 3.63) is 15.9 Å². The SMILES string of the molecule is CCN(CC)S(=O)(=O)N1CCN(S(=O)(=O)c2ccc(Br)s2)CC1. The fraction of sp³-hybridized carbons (Fsp3) is 0.667. The van der Waals surface area contributed by atoms with Gasteiger partial charge in [-0.25, -0.2) is 8.42 Å². The molecular weight excluding hydrogens is 426 g/mol. The van der Waals surface area contributed by atoms with Gasteiger partial charge in [-0.3, -0.25) is 0 Å². The molecule has 0 amide bonds. The number of rotatable bonds is 6. The molecule has 7 nitrogen and oxygen atoms in total. The van der Waals surface area contributed by atoms with Crippen molar-refractivity contribution in [2.75, 3.05) is 39.3 Å². The zero-order valence-electron chi connectivity index (χ0n) is 13.0. The molecule has 2 heterocycles. The van der Waals surface area contributed by atoms with E-state index < -0.39 is 20.2 Å². The van der Waals surface area contributed by atoms with E-state index in [2.05, 4.69) is 15.9 Å². The summed E-state index contributed by atoms with van der Waals surface area (Å²) in [5.74, 6) is 0. The predicted octanol–water partition coefficient (Wildman–Crippen LogP) is 1.40. The number of hydrogen-bond donors (Lipinski definition) is 0. The van der Waals surface area contributed by atoms with Crippen LogP contribution in [0.15, 0.2) is 20.1 Å². The third-order valence-electron chi connectivity index (χ3n) is 3.70. The van der Waals surface area contributed by atoms with Crippen LogP contribution in [0.3, 0.4) is 0 Å². The minimum atomic E-state index is -3.55. The van der Waals surface area contributed by atoms with Crippen molar-refractivity contribution < 1.29 is 16.8 Å². The Morgan fingerprint density at radius 1 is 1.04 bits per heavy atom. The molecule has 0 bridgehead atoms. The van der Waals surface area contributed by atoms with Crippen LogP contribution in [0.2, 0.25) is 0 Å². The van der Waals surface area contributed by atoms with Crippen LogP contribution in [0.25, 0.3) is 0 Å². The number of nitrogens with zero attached hydrogens (tertiary/aromatic N) is 3. The second-order valence-corrected chi connectivity index (χ2v) is 11.5. The Labute approximate surface area is 150 Å². The third kappa shape index (κ3) is 3.97. The molecule has 23 heavy (non-hydrogen) atoms. The summed E-state index contributed by atoms with van der Waals surface area (Å²) in [6.07, 6.45) is 0. The summed E-state index contributed by atoms with van der Waals surface area (Å²) in [6, 6.07) is 3.25. The molecule has 1 aromatic heterocycles. The summed E-state index contributed by atoms with van der Waals surface area (Å²) in [5.41, 5.74) is 0. The van der Waals surface area contributed by atoms with Crippen LogP contribution in [-0.2, 0) is 20.2 Å². The smallest absolute Gasteiger partial charge is 0.206 e. The molecule has 1 aliphatic heterocycles. The van der Waals surface area contributed by atoms with E-state index in [1.807, 2.05) is 0 Å². The minimum Gasteiger partial charge on any atom is -0.206 e. The van der Waals surface area contributed by atoms with Crippen molar-refractivity contribution in [2.45, 2.75) is 18.1 Å². The van der Waals surface area contributed by atoms with Gasteiger partial charge in [0.2, 0.25) is 0 Å². The van der Waals surface area contributed by atoms with E-state index >= 15 is 0 Å². The van der Waals surface area contributed by atoms with Gasteiger partial charge >= 0.3 is 0 Å². The first-order valence-electron chi connectivity index (χ1n) is 7.24. The second-order valence-electron chi connectivity index (χ2n) is 4.95. The van der Waals surface area contributed by atoms with Crippen LogP contribution in [0.5, 0.6) is 0 Å². The summed E-state index contributed by atoms with van der Waals surface area (Å²) < 4.78 is 55.1. The van der Waals surface area contributed by atoms with Gasteiger partial charge in [-0.15, -0.1) is 11.3 Å². The van der Waals surface area contributed by atoms with E-state index in [9.17, 15) is 16.8 Å². The fourth-order valence-corrected chi connectivity index (χ4v) is 7.61. The first kappa shape index (κ1) is 19.3. The minimum absolute atomic E-state index is 0.165. The monoisotopic (exact) mass is 445 g/mol. The highest BCUT2D eigenvalue weighted by molar-refractivity contribution is 9.11. The maximum atomic E-state index is 12.5. The maximum Gasteiger partial charge on any atom is 0.282 e. The Bertz CT molecular complexity index is 735. The molecule has 0 N–H and O–H groups in total. The molecule has 132 valence electrons. The van der Waals surface area contributed by atoms with E-state index in [4.69, 9.17) is 0 Å². The molecule has 2 rings (SSSR count).